The molecular weight excluding hydrogens is 152 g/mol. The van der Waals surface area contributed by atoms with Crippen molar-refractivity contribution in [3.63, 3.8) is 0 Å². The van der Waals surface area contributed by atoms with Crippen LogP contribution >= 0.6 is 0 Å². The maximum atomic E-state index is 9.11. The van der Waals surface area contributed by atoms with Crippen LogP contribution in [0.25, 0.3) is 0 Å². The Morgan fingerprint density at radius 2 is 1.82 bits per heavy atom. The van der Waals surface area contributed by atoms with Crippen LogP contribution in [0.4, 0.5) is 0 Å². The molecule has 1 unspecified atom stereocenters. The van der Waals surface area contributed by atoms with Crippen LogP contribution < -0.4 is 0 Å². The summed E-state index contributed by atoms with van der Waals surface area (Å²) in [6.45, 7) is -0.408. The van der Waals surface area contributed by atoms with Crippen molar-refractivity contribution in [2.45, 2.75) is 24.4 Å². The monoisotopic (exact) mass is 164 g/mol. The fraction of sp³-hybridized carbons (Fsp3) is 1.00. The molecule has 0 bridgehead atoms. The molecule has 1 fully saturated rings. The lowest BCUT2D eigenvalue weighted by Gasteiger charge is -2.34. The van der Waals surface area contributed by atoms with E-state index in [2.05, 4.69) is 0 Å². The van der Waals surface area contributed by atoms with Crippen molar-refractivity contribution in [2.24, 2.45) is 0 Å². The number of hydrogen-bond acceptors (Lipinski definition) is 5. The molecular formula is C6H12O5. The van der Waals surface area contributed by atoms with Crippen molar-refractivity contribution in [3.8, 4) is 0 Å². The van der Waals surface area contributed by atoms with Gasteiger partial charge in [0.05, 0.1) is 13.2 Å². The van der Waals surface area contributed by atoms with Gasteiger partial charge in [0.15, 0.2) is 0 Å². The predicted octanol–water partition coefficient (Wildman–Crippen LogP) is -2.54. The van der Waals surface area contributed by atoms with Crippen molar-refractivity contribution in [2.75, 3.05) is 13.2 Å². The summed E-state index contributed by atoms with van der Waals surface area (Å²) in [5.74, 6) is 0. The molecule has 0 aromatic rings. The average molecular weight is 164 g/mol. The molecule has 1 aliphatic heterocycles. The van der Waals surface area contributed by atoms with Gasteiger partial charge in [-0.25, -0.2) is 0 Å². The van der Waals surface area contributed by atoms with Crippen LogP contribution in [0.2, 0.25) is 0 Å². The first kappa shape index (κ1) is 8.89. The molecule has 0 amide bonds. The van der Waals surface area contributed by atoms with Gasteiger partial charge in [-0.1, -0.05) is 0 Å². The molecule has 1 saturated heterocycles. The summed E-state index contributed by atoms with van der Waals surface area (Å²) in [6.07, 6.45) is -4.27. The molecule has 1 rings (SSSR count). The van der Waals surface area contributed by atoms with Gasteiger partial charge in [-0.15, -0.1) is 0 Å². The van der Waals surface area contributed by atoms with E-state index in [0.717, 1.165) is 0 Å². The molecule has 1 aliphatic rings. The second-order valence-electron chi connectivity index (χ2n) is 2.60. The van der Waals surface area contributed by atoms with Gasteiger partial charge in [0.25, 0.3) is 0 Å². The summed E-state index contributed by atoms with van der Waals surface area (Å²) in [7, 11) is 0. The van der Waals surface area contributed by atoms with Crippen molar-refractivity contribution >= 4 is 0 Å². The zero-order valence-corrected chi connectivity index (χ0v) is 5.92. The van der Waals surface area contributed by atoms with E-state index in [0.29, 0.717) is 0 Å². The van der Waals surface area contributed by atoms with Crippen molar-refractivity contribution in [3.05, 3.63) is 0 Å². The highest BCUT2D eigenvalue weighted by molar-refractivity contribution is 4.85. The van der Waals surface area contributed by atoms with Crippen molar-refractivity contribution in [1.82, 2.24) is 0 Å². The van der Waals surface area contributed by atoms with E-state index in [1.54, 1.807) is 0 Å². The van der Waals surface area contributed by atoms with Gasteiger partial charge < -0.3 is 25.2 Å². The van der Waals surface area contributed by atoms with Crippen LogP contribution in [0.1, 0.15) is 0 Å². The lowest BCUT2D eigenvalue weighted by molar-refractivity contribution is -0.195. The fourth-order valence-corrected chi connectivity index (χ4v) is 1.03. The van der Waals surface area contributed by atoms with E-state index in [1.165, 1.54) is 0 Å². The van der Waals surface area contributed by atoms with Gasteiger partial charge >= 0.3 is 0 Å². The first-order valence-electron chi connectivity index (χ1n) is 3.43. The van der Waals surface area contributed by atoms with Gasteiger partial charge in [-0.05, 0) is 0 Å². The molecule has 0 aliphatic carbocycles. The Hall–Kier alpha value is -0.200. The number of ether oxygens (including phenoxy) is 1. The number of rotatable bonds is 1. The molecule has 4 N–H and O–H groups in total. The molecule has 66 valence electrons. The van der Waals surface area contributed by atoms with Gasteiger partial charge in [0, 0.05) is 0 Å². The number of aliphatic hydroxyl groups excluding tert-OH is 4. The Labute approximate surface area is 63.8 Å². The van der Waals surface area contributed by atoms with Gasteiger partial charge in [0.1, 0.15) is 24.4 Å². The van der Waals surface area contributed by atoms with E-state index in [9.17, 15) is 0 Å². The Bertz CT molecular complexity index is 126. The molecule has 5 heteroatoms. The maximum absolute atomic E-state index is 9.11. The Balaban J connectivity index is 2.52. The van der Waals surface area contributed by atoms with Gasteiger partial charge in [-0.2, -0.15) is 0 Å². The maximum Gasteiger partial charge on any atom is 0.111 e. The Kier molecular flexibility index (Phi) is 2.80. The highest BCUT2D eigenvalue weighted by atomic mass is 16.5. The van der Waals surface area contributed by atoms with E-state index in [4.69, 9.17) is 25.2 Å². The third-order valence-corrected chi connectivity index (χ3v) is 1.79. The predicted molar refractivity (Wildman–Crippen MR) is 34.8 cm³/mol. The molecule has 0 saturated carbocycles. The SMILES string of the molecule is OC[C@@H]1OCC(O)[C@H](O)[C@@H]1O. The number of aliphatic hydroxyl groups is 4. The molecule has 0 aromatic carbocycles. The van der Waals surface area contributed by atoms with Crippen LogP contribution in [0.15, 0.2) is 0 Å². The summed E-state index contributed by atoms with van der Waals surface area (Å²) in [4.78, 5) is 0. The largest absolute Gasteiger partial charge is 0.394 e. The lowest BCUT2D eigenvalue weighted by Crippen LogP contribution is -2.53. The molecule has 5 nitrogen and oxygen atoms in total. The van der Waals surface area contributed by atoms with Crippen LogP contribution in [-0.2, 0) is 4.74 Å². The third kappa shape index (κ3) is 1.69. The van der Waals surface area contributed by atoms with Crippen molar-refractivity contribution < 1.29 is 25.2 Å². The smallest absolute Gasteiger partial charge is 0.111 e. The summed E-state index contributed by atoms with van der Waals surface area (Å²) >= 11 is 0. The highest BCUT2D eigenvalue weighted by Gasteiger charge is 2.36. The minimum atomic E-state index is -1.22. The normalized spacial score (nSPS) is 45.8. The standard InChI is InChI=1S/C6H12O5/c7-1-4-6(10)5(9)3(8)2-11-4/h3-10H,1-2H2/t3?,4-,5-,6+/m0/s1. The molecule has 11 heavy (non-hydrogen) atoms. The quantitative estimate of drug-likeness (QED) is 0.343. The highest BCUT2D eigenvalue weighted by Crippen LogP contribution is 2.14. The van der Waals surface area contributed by atoms with Gasteiger partial charge in [0.2, 0.25) is 0 Å². The lowest BCUT2D eigenvalue weighted by atomic mass is 10.0. The first-order valence-corrected chi connectivity index (χ1v) is 3.43. The number of hydrogen-bond donors (Lipinski definition) is 4. The van der Waals surface area contributed by atoms with Crippen LogP contribution in [0.3, 0.4) is 0 Å². The van der Waals surface area contributed by atoms with Gasteiger partial charge in [-0.3, -0.25) is 0 Å². The minimum absolute atomic E-state index is 0.0521. The second kappa shape index (κ2) is 3.46. The zero-order chi connectivity index (χ0) is 8.43. The van der Waals surface area contributed by atoms with E-state index in [1.807, 2.05) is 0 Å². The zero-order valence-electron chi connectivity index (χ0n) is 5.92. The van der Waals surface area contributed by atoms with Crippen molar-refractivity contribution in [1.29, 1.82) is 0 Å². The van der Waals surface area contributed by atoms with Crippen LogP contribution in [0.5, 0.6) is 0 Å². The van der Waals surface area contributed by atoms with Crippen LogP contribution in [-0.4, -0.2) is 58.1 Å². The van der Waals surface area contributed by atoms with E-state index < -0.39 is 24.4 Å². The molecule has 0 radical (unpaired) electrons. The molecule has 1 heterocycles. The first-order chi connectivity index (χ1) is 5.16. The molecule has 4 atom stereocenters. The molecule has 0 aromatic heterocycles. The summed E-state index contributed by atoms with van der Waals surface area (Å²) < 4.78 is 4.81. The van der Waals surface area contributed by atoms with E-state index in [-0.39, 0.29) is 13.2 Å². The van der Waals surface area contributed by atoms with E-state index >= 15 is 0 Å². The molecule has 0 spiro atoms. The Morgan fingerprint density at radius 3 is 2.36 bits per heavy atom. The average Bonchev–Trinajstić information content (AvgIpc) is 2.01. The summed E-state index contributed by atoms with van der Waals surface area (Å²) in [5.41, 5.74) is 0. The second-order valence-corrected chi connectivity index (χ2v) is 2.60. The minimum Gasteiger partial charge on any atom is -0.394 e. The Morgan fingerprint density at radius 1 is 1.18 bits per heavy atom. The summed E-state index contributed by atoms with van der Waals surface area (Å²) in [5, 5.41) is 35.7. The third-order valence-electron chi connectivity index (χ3n) is 1.79. The van der Waals surface area contributed by atoms with Crippen LogP contribution in [0, 0.1) is 0 Å². The summed E-state index contributed by atoms with van der Waals surface area (Å²) in [6, 6.07) is 0. The fourth-order valence-electron chi connectivity index (χ4n) is 1.03. The topological polar surface area (TPSA) is 90.2 Å².